The molecule has 1 saturated heterocycles. The standard InChI is InChI=1S/C19H28N2O4.C12H26N2O2.C3H8/c1-13(18(25-3)16-10-7-11-21(16)12-22)19(24)20-14(2)17(23)15-8-5-4-6-9-15;1-6-9(3)12(10(7-2)16-5)14(4)11(15)8-13;1-3-2/h4-6,8-9,12-14,16-18,23H,7,10-11H2,1-3H3,(H,20,24);9-10,12H,6-8,13H2,1-5H3;3H2,1-2H3. The summed E-state index contributed by atoms with van der Waals surface area (Å²) >= 11 is 0. The van der Waals surface area contributed by atoms with Crippen molar-refractivity contribution in [3.63, 3.8) is 0 Å². The molecular weight excluding hydrogens is 560 g/mol. The molecule has 1 heterocycles. The largest absolute Gasteiger partial charge is 0.386 e. The number of carbonyl (C=O) groups is 3. The lowest BCUT2D eigenvalue weighted by Crippen LogP contribution is -2.50. The van der Waals surface area contributed by atoms with Gasteiger partial charge in [-0.1, -0.05) is 84.7 Å². The smallest absolute Gasteiger partial charge is 0.236 e. The van der Waals surface area contributed by atoms with Gasteiger partial charge >= 0.3 is 0 Å². The van der Waals surface area contributed by atoms with E-state index in [-0.39, 0.29) is 42.7 Å². The minimum atomic E-state index is -0.781. The number of rotatable bonds is 15. The molecule has 0 aromatic heterocycles. The molecule has 1 fully saturated rings. The predicted octanol–water partition coefficient (Wildman–Crippen LogP) is 4.16. The van der Waals surface area contributed by atoms with Crippen molar-refractivity contribution in [2.45, 2.75) is 117 Å². The van der Waals surface area contributed by atoms with Gasteiger partial charge in [0.25, 0.3) is 0 Å². The number of aliphatic hydroxyl groups is 1. The lowest BCUT2D eigenvalue weighted by molar-refractivity contribution is -0.135. The van der Waals surface area contributed by atoms with E-state index in [1.165, 1.54) is 6.42 Å². The molecule has 10 nitrogen and oxygen atoms in total. The van der Waals surface area contributed by atoms with Crippen molar-refractivity contribution in [1.29, 1.82) is 0 Å². The minimum absolute atomic E-state index is 0.0270. The fourth-order valence-electron chi connectivity index (χ4n) is 5.61. The second-order valence-corrected chi connectivity index (χ2v) is 11.7. The lowest BCUT2D eigenvalue weighted by atomic mass is 9.91. The first-order valence-electron chi connectivity index (χ1n) is 16.2. The molecule has 0 aliphatic carbocycles. The van der Waals surface area contributed by atoms with Gasteiger partial charge in [0.1, 0.15) is 0 Å². The Bertz CT molecular complexity index is 916. The molecule has 44 heavy (non-hydrogen) atoms. The molecule has 8 atom stereocenters. The van der Waals surface area contributed by atoms with Gasteiger partial charge in [0.05, 0.1) is 48.9 Å². The summed E-state index contributed by atoms with van der Waals surface area (Å²) in [4.78, 5) is 38.9. The number of methoxy groups -OCH3 is 2. The molecule has 10 heteroatoms. The Morgan fingerprint density at radius 1 is 1.09 bits per heavy atom. The SMILES string of the molecule is CCC.CCC(C)C(C(CC)OC)N(C)C(=O)CN.COC(C(C)C(=O)NC(C)C(O)c1ccccc1)C1CCCN1C=O. The summed E-state index contributed by atoms with van der Waals surface area (Å²) in [6.07, 6.45) is 4.68. The summed E-state index contributed by atoms with van der Waals surface area (Å²) in [5, 5.41) is 13.3. The number of amides is 3. The van der Waals surface area contributed by atoms with E-state index in [0.29, 0.717) is 12.5 Å². The van der Waals surface area contributed by atoms with E-state index >= 15 is 0 Å². The number of ether oxygens (including phenoxy) is 2. The van der Waals surface area contributed by atoms with Crippen LogP contribution in [0.25, 0.3) is 0 Å². The number of carbonyl (C=O) groups excluding carboxylic acids is 3. The van der Waals surface area contributed by atoms with Gasteiger partial charge < -0.3 is 35.4 Å². The lowest BCUT2D eigenvalue weighted by Gasteiger charge is -2.37. The molecule has 0 bridgehead atoms. The molecule has 1 aromatic carbocycles. The molecule has 254 valence electrons. The molecule has 2 rings (SSSR count). The van der Waals surface area contributed by atoms with E-state index < -0.39 is 18.1 Å². The molecule has 1 aromatic rings. The number of hydrogen-bond acceptors (Lipinski definition) is 7. The number of benzene rings is 1. The third-order valence-corrected chi connectivity index (χ3v) is 8.35. The van der Waals surface area contributed by atoms with Gasteiger partial charge in [0, 0.05) is 27.8 Å². The van der Waals surface area contributed by atoms with Crippen molar-refractivity contribution < 1.29 is 29.0 Å². The Balaban J connectivity index is 0.000000840. The van der Waals surface area contributed by atoms with Gasteiger partial charge in [0.2, 0.25) is 18.2 Å². The molecule has 0 radical (unpaired) electrons. The normalized spacial score (nSPS) is 19.0. The molecule has 3 amide bonds. The number of likely N-dealkylation sites (tertiary alicyclic amines) is 1. The number of likely N-dealkylation sites (N-methyl/N-ethyl adjacent to an activating group) is 1. The predicted molar refractivity (Wildman–Crippen MR) is 177 cm³/mol. The van der Waals surface area contributed by atoms with Crippen LogP contribution in [0.1, 0.15) is 92.2 Å². The van der Waals surface area contributed by atoms with Gasteiger partial charge in [0.15, 0.2) is 0 Å². The van der Waals surface area contributed by atoms with Gasteiger partial charge in [-0.2, -0.15) is 0 Å². The molecule has 0 spiro atoms. The maximum absolute atomic E-state index is 12.6. The van der Waals surface area contributed by atoms with Crippen molar-refractivity contribution in [3.8, 4) is 0 Å². The fraction of sp³-hybridized carbons (Fsp3) is 0.735. The van der Waals surface area contributed by atoms with Crippen LogP contribution in [0.5, 0.6) is 0 Å². The maximum atomic E-state index is 12.6. The highest BCUT2D eigenvalue weighted by Gasteiger charge is 2.38. The maximum Gasteiger partial charge on any atom is 0.236 e. The Hall–Kier alpha value is -2.53. The molecule has 1 aliphatic rings. The summed E-state index contributed by atoms with van der Waals surface area (Å²) < 4.78 is 11.0. The van der Waals surface area contributed by atoms with Crippen molar-refractivity contribution in [3.05, 3.63) is 35.9 Å². The third kappa shape index (κ3) is 12.8. The van der Waals surface area contributed by atoms with E-state index in [1.807, 2.05) is 37.4 Å². The molecule has 1 aliphatic heterocycles. The number of nitrogens with one attached hydrogen (secondary N) is 1. The minimum Gasteiger partial charge on any atom is -0.386 e. The number of nitrogens with two attached hydrogens (primary N) is 1. The van der Waals surface area contributed by atoms with Crippen LogP contribution < -0.4 is 11.1 Å². The zero-order chi connectivity index (χ0) is 33.8. The van der Waals surface area contributed by atoms with Crippen LogP contribution in [0, 0.1) is 11.8 Å². The Morgan fingerprint density at radius 2 is 1.68 bits per heavy atom. The fourth-order valence-corrected chi connectivity index (χ4v) is 5.61. The van der Waals surface area contributed by atoms with Gasteiger partial charge in [-0.05, 0) is 37.7 Å². The van der Waals surface area contributed by atoms with Crippen molar-refractivity contribution in [1.82, 2.24) is 15.1 Å². The highest BCUT2D eigenvalue weighted by Crippen LogP contribution is 2.26. The Kier molecular flexibility index (Phi) is 21.6. The van der Waals surface area contributed by atoms with Crippen LogP contribution in [0.2, 0.25) is 0 Å². The van der Waals surface area contributed by atoms with E-state index in [1.54, 1.807) is 37.9 Å². The molecule has 0 saturated carbocycles. The second kappa shape index (κ2) is 22.9. The molecular formula is C34H62N4O6. The van der Waals surface area contributed by atoms with Crippen molar-refractivity contribution in [2.75, 3.05) is 34.4 Å². The first kappa shape index (κ1) is 41.5. The molecule has 4 N–H and O–H groups in total. The van der Waals surface area contributed by atoms with Gasteiger partial charge in [-0.15, -0.1) is 0 Å². The monoisotopic (exact) mass is 622 g/mol. The number of nitrogens with zero attached hydrogens (tertiary/aromatic N) is 2. The highest BCUT2D eigenvalue weighted by molar-refractivity contribution is 5.79. The first-order chi connectivity index (χ1) is 20.9. The third-order valence-electron chi connectivity index (χ3n) is 8.35. The second-order valence-electron chi connectivity index (χ2n) is 11.7. The number of aliphatic hydroxyl groups excluding tert-OH is 1. The Morgan fingerprint density at radius 3 is 2.14 bits per heavy atom. The van der Waals surface area contributed by atoms with Crippen LogP contribution in [0.4, 0.5) is 0 Å². The first-order valence-corrected chi connectivity index (χ1v) is 16.2. The zero-order valence-corrected chi connectivity index (χ0v) is 29.0. The van der Waals surface area contributed by atoms with Crippen molar-refractivity contribution in [2.24, 2.45) is 17.6 Å². The Labute approximate surface area is 267 Å². The van der Waals surface area contributed by atoms with E-state index in [0.717, 1.165) is 37.7 Å². The topological polar surface area (TPSA) is 134 Å². The average molecular weight is 623 g/mol. The van der Waals surface area contributed by atoms with Crippen LogP contribution in [0.15, 0.2) is 30.3 Å². The quantitative estimate of drug-likeness (QED) is 0.250. The summed E-state index contributed by atoms with van der Waals surface area (Å²) in [5.74, 6) is -0.237. The van der Waals surface area contributed by atoms with E-state index in [9.17, 15) is 19.5 Å². The van der Waals surface area contributed by atoms with Gasteiger partial charge in [-0.3, -0.25) is 14.4 Å². The van der Waals surface area contributed by atoms with E-state index in [4.69, 9.17) is 15.2 Å². The van der Waals surface area contributed by atoms with Crippen molar-refractivity contribution >= 4 is 18.2 Å². The van der Waals surface area contributed by atoms with Crippen LogP contribution in [0.3, 0.4) is 0 Å². The van der Waals surface area contributed by atoms with Crippen LogP contribution in [-0.4, -0.2) is 97.8 Å². The summed E-state index contributed by atoms with van der Waals surface area (Å²) in [5.41, 5.74) is 6.16. The van der Waals surface area contributed by atoms with Crippen LogP contribution >= 0.6 is 0 Å². The van der Waals surface area contributed by atoms with Crippen LogP contribution in [-0.2, 0) is 23.9 Å². The average Bonchev–Trinajstić information content (AvgIpc) is 3.51. The summed E-state index contributed by atoms with van der Waals surface area (Å²) in [6, 6.07) is 8.83. The highest BCUT2D eigenvalue weighted by atomic mass is 16.5. The van der Waals surface area contributed by atoms with E-state index in [2.05, 4.69) is 39.9 Å². The molecule has 8 unspecified atom stereocenters. The number of hydrogen-bond donors (Lipinski definition) is 3. The zero-order valence-electron chi connectivity index (χ0n) is 29.0. The summed E-state index contributed by atoms with van der Waals surface area (Å²) in [6.45, 7) is 14.9. The summed E-state index contributed by atoms with van der Waals surface area (Å²) in [7, 11) is 5.08. The van der Waals surface area contributed by atoms with Gasteiger partial charge in [-0.25, -0.2) is 0 Å².